The van der Waals surface area contributed by atoms with E-state index in [0.29, 0.717) is 11.5 Å². The molecule has 0 atom stereocenters. The summed E-state index contributed by atoms with van der Waals surface area (Å²) in [7, 11) is 0. The first-order valence-electron chi connectivity index (χ1n) is 11.9. The quantitative estimate of drug-likeness (QED) is 0.141. The molecule has 1 aliphatic carbocycles. The molecule has 5 rings (SSSR count). The van der Waals surface area contributed by atoms with E-state index in [0.717, 1.165) is 22.3 Å². The van der Waals surface area contributed by atoms with Gasteiger partial charge in [0.1, 0.15) is 11.5 Å². The third-order valence-corrected chi connectivity index (χ3v) is 7.17. The van der Waals surface area contributed by atoms with Gasteiger partial charge in [0.15, 0.2) is 0 Å². The molecule has 0 unspecified atom stereocenters. The lowest BCUT2D eigenvalue weighted by molar-refractivity contribution is 0.0725. The van der Waals surface area contributed by atoms with Gasteiger partial charge in [-0.05, 0) is 118 Å². The van der Waals surface area contributed by atoms with Gasteiger partial charge in [-0.3, -0.25) is 9.59 Å². The van der Waals surface area contributed by atoms with Crippen LogP contribution < -0.4 is 9.47 Å². The van der Waals surface area contributed by atoms with Gasteiger partial charge in [-0.15, -0.1) is 0 Å². The molecule has 4 aromatic rings. The van der Waals surface area contributed by atoms with Crippen molar-refractivity contribution in [2.75, 3.05) is 0 Å². The van der Waals surface area contributed by atoms with Gasteiger partial charge >= 0.3 is 11.9 Å². The maximum absolute atomic E-state index is 12.7. The van der Waals surface area contributed by atoms with Crippen LogP contribution in [0.15, 0.2) is 84.9 Å². The zero-order valence-electron chi connectivity index (χ0n) is 20.8. The van der Waals surface area contributed by atoms with Crippen LogP contribution in [0.1, 0.15) is 66.4 Å². The molecule has 0 heterocycles. The van der Waals surface area contributed by atoms with Gasteiger partial charge in [0.05, 0.1) is 11.1 Å². The molecule has 0 aromatic heterocycles. The maximum atomic E-state index is 12.7. The third-order valence-electron chi connectivity index (χ3n) is 6.74. The molecule has 0 aliphatic heterocycles. The highest BCUT2D eigenvalue weighted by molar-refractivity contribution is 6.68. The van der Waals surface area contributed by atoms with E-state index < -0.39 is 27.8 Å². The first kappa shape index (κ1) is 26.4. The van der Waals surface area contributed by atoms with Crippen LogP contribution >= 0.6 is 23.2 Å². The van der Waals surface area contributed by atoms with E-state index in [1.807, 2.05) is 38.1 Å². The standard InChI is InChI=1S/C31H20Cl2O6/c1-31(2)25-15-21(38-29(36)19-7-3-17(4-8-19)27(32)34)11-13-23(25)24-14-12-22(16-26(24)31)39-30(37)20-9-5-18(6-10-20)28(33)35/h3-16H,1-2H3. The Morgan fingerprint density at radius 1 is 0.538 bits per heavy atom. The molecular formula is C31H20Cl2O6. The normalized spacial score (nSPS) is 12.7. The van der Waals surface area contributed by atoms with E-state index in [1.54, 1.807) is 12.1 Å². The molecule has 1 aliphatic rings. The lowest BCUT2D eigenvalue weighted by atomic mass is 9.82. The minimum Gasteiger partial charge on any atom is -0.423 e. The molecule has 4 aromatic carbocycles. The number of ether oxygens (including phenoxy) is 2. The molecule has 0 bridgehead atoms. The highest BCUT2D eigenvalue weighted by atomic mass is 35.5. The Balaban J connectivity index is 1.36. The van der Waals surface area contributed by atoms with Gasteiger partial charge in [0.2, 0.25) is 0 Å². The Labute approximate surface area is 234 Å². The first-order valence-corrected chi connectivity index (χ1v) is 12.6. The van der Waals surface area contributed by atoms with Crippen LogP contribution in [0.5, 0.6) is 11.5 Å². The van der Waals surface area contributed by atoms with Crippen molar-refractivity contribution < 1.29 is 28.7 Å². The SMILES string of the molecule is CC1(C)c2cc(OC(=O)c3ccc(C(=O)Cl)cc3)ccc2-c2ccc(OC(=O)c3ccc(C(=O)Cl)cc3)cc21. The highest BCUT2D eigenvalue weighted by Crippen LogP contribution is 2.50. The van der Waals surface area contributed by atoms with Gasteiger partial charge in [-0.2, -0.15) is 0 Å². The minimum absolute atomic E-state index is 0.287. The summed E-state index contributed by atoms with van der Waals surface area (Å²) < 4.78 is 11.2. The van der Waals surface area contributed by atoms with Crippen LogP contribution in [-0.4, -0.2) is 22.4 Å². The van der Waals surface area contributed by atoms with E-state index in [4.69, 9.17) is 32.7 Å². The van der Waals surface area contributed by atoms with Gasteiger partial charge in [0.25, 0.3) is 10.5 Å². The monoisotopic (exact) mass is 558 g/mol. The fourth-order valence-electron chi connectivity index (χ4n) is 4.63. The van der Waals surface area contributed by atoms with Crippen LogP contribution in [0.4, 0.5) is 0 Å². The zero-order chi connectivity index (χ0) is 27.9. The fourth-order valence-corrected chi connectivity index (χ4v) is 4.88. The summed E-state index contributed by atoms with van der Waals surface area (Å²) in [4.78, 5) is 47.9. The van der Waals surface area contributed by atoms with Gasteiger partial charge in [0, 0.05) is 16.5 Å². The molecule has 194 valence electrons. The average Bonchev–Trinajstić information content (AvgIpc) is 3.14. The predicted molar refractivity (Wildman–Crippen MR) is 147 cm³/mol. The summed E-state index contributed by atoms with van der Waals surface area (Å²) in [5.41, 5.74) is 4.56. The Morgan fingerprint density at radius 3 is 1.21 bits per heavy atom. The van der Waals surface area contributed by atoms with Crippen LogP contribution in [0.3, 0.4) is 0 Å². The van der Waals surface area contributed by atoms with Crippen LogP contribution in [0, 0.1) is 0 Å². The molecule has 39 heavy (non-hydrogen) atoms. The van der Waals surface area contributed by atoms with E-state index in [9.17, 15) is 19.2 Å². The lowest BCUT2D eigenvalue weighted by Crippen LogP contribution is -2.16. The van der Waals surface area contributed by atoms with Crippen molar-refractivity contribution in [1.29, 1.82) is 0 Å². The lowest BCUT2D eigenvalue weighted by Gasteiger charge is -2.22. The summed E-state index contributed by atoms with van der Waals surface area (Å²) in [5, 5.41) is -1.21. The van der Waals surface area contributed by atoms with Crippen LogP contribution in [0.2, 0.25) is 0 Å². The molecule has 0 fully saturated rings. The average molecular weight is 559 g/mol. The molecule has 0 N–H and O–H groups in total. The van der Waals surface area contributed by atoms with Crippen molar-refractivity contribution in [1.82, 2.24) is 0 Å². The largest absolute Gasteiger partial charge is 0.423 e. The van der Waals surface area contributed by atoms with Crippen LogP contribution in [0.25, 0.3) is 11.1 Å². The molecule has 8 heteroatoms. The van der Waals surface area contributed by atoms with Gasteiger partial charge in [-0.25, -0.2) is 9.59 Å². The van der Waals surface area contributed by atoms with Crippen molar-refractivity contribution >= 4 is 45.6 Å². The fraction of sp³-hybridized carbons (Fsp3) is 0.0968. The zero-order valence-corrected chi connectivity index (χ0v) is 22.3. The van der Waals surface area contributed by atoms with Crippen molar-refractivity contribution in [3.05, 3.63) is 118 Å². The summed E-state index contributed by atoms with van der Waals surface area (Å²) in [6, 6.07) is 22.7. The highest BCUT2D eigenvalue weighted by Gasteiger charge is 2.36. The predicted octanol–water partition coefficient (Wildman–Crippen LogP) is 7.19. The van der Waals surface area contributed by atoms with E-state index in [1.165, 1.54) is 48.5 Å². The second-order valence-corrected chi connectivity index (χ2v) is 10.2. The summed E-state index contributed by atoms with van der Waals surface area (Å²) in [6.45, 7) is 4.08. The van der Waals surface area contributed by atoms with Crippen molar-refractivity contribution in [2.24, 2.45) is 0 Å². The van der Waals surface area contributed by atoms with Gasteiger partial charge in [-0.1, -0.05) is 26.0 Å². The molecule has 0 spiro atoms. The summed E-state index contributed by atoms with van der Waals surface area (Å²) in [6.07, 6.45) is 0. The molecule has 0 radical (unpaired) electrons. The molecule has 0 amide bonds. The minimum atomic E-state index is -0.605. The second-order valence-electron chi connectivity index (χ2n) is 9.52. The number of carbonyl (C=O) groups excluding carboxylic acids is 4. The van der Waals surface area contributed by atoms with Crippen molar-refractivity contribution in [3.63, 3.8) is 0 Å². The summed E-state index contributed by atoms with van der Waals surface area (Å²) >= 11 is 10.9. The number of hydrogen-bond acceptors (Lipinski definition) is 6. The number of hydrogen-bond donors (Lipinski definition) is 0. The van der Waals surface area contributed by atoms with Crippen molar-refractivity contribution in [3.8, 4) is 22.6 Å². The smallest absolute Gasteiger partial charge is 0.343 e. The number of rotatable bonds is 6. The van der Waals surface area contributed by atoms with E-state index in [-0.39, 0.29) is 22.3 Å². The molecule has 6 nitrogen and oxygen atoms in total. The topological polar surface area (TPSA) is 86.7 Å². The first-order chi connectivity index (χ1) is 18.5. The Hall–Kier alpha value is -4.26. The van der Waals surface area contributed by atoms with Crippen LogP contribution in [-0.2, 0) is 5.41 Å². The Bertz CT molecular complexity index is 1530. The Kier molecular flexibility index (Phi) is 6.85. The van der Waals surface area contributed by atoms with E-state index >= 15 is 0 Å². The maximum Gasteiger partial charge on any atom is 0.343 e. The number of fused-ring (bicyclic) bond motifs is 3. The van der Waals surface area contributed by atoms with E-state index in [2.05, 4.69) is 0 Å². The number of carbonyl (C=O) groups is 4. The Morgan fingerprint density at radius 2 is 0.872 bits per heavy atom. The molecule has 0 saturated heterocycles. The molecular weight excluding hydrogens is 539 g/mol. The van der Waals surface area contributed by atoms with Crippen molar-refractivity contribution in [2.45, 2.75) is 19.3 Å². The summed E-state index contributed by atoms with van der Waals surface area (Å²) in [5.74, 6) is -0.366. The number of halogens is 2. The second kappa shape index (κ2) is 10.1. The number of esters is 2. The third kappa shape index (κ3) is 5.09. The molecule has 0 saturated carbocycles. The number of benzene rings is 4. The van der Waals surface area contributed by atoms with Gasteiger partial charge < -0.3 is 9.47 Å².